The number of Topliss-reactive ketones (excluding diaryl/α,β-unsaturated/α-hetero) is 1. The van der Waals surface area contributed by atoms with Crippen molar-refractivity contribution < 1.29 is 19.5 Å². The van der Waals surface area contributed by atoms with Crippen LogP contribution >= 0.6 is 11.3 Å². The fraction of sp³-hybridized carbons (Fsp3) is 0.588. The fourth-order valence-corrected chi connectivity index (χ4v) is 4.64. The number of carbonyl (C=O) groups excluding carboxylic acids is 2. The Labute approximate surface area is 139 Å². The molecule has 2 fully saturated rings. The highest BCUT2D eigenvalue weighted by molar-refractivity contribution is 7.12. The van der Waals surface area contributed by atoms with Crippen LogP contribution < -0.4 is 0 Å². The number of hydrogen-bond acceptors (Lipinski definition) is 4. The lowest BCUT2D eigenvalue weighted by atomic mass is 9.84. The number of rotatable bonds is 5. The SMILES string of the molecule is O=C(CCC(=O)N1[C@H](C(=O)O)C[C@H]2CCCC[C@@H]21)c1cccs1. The van der Waals surface area contributed by atoms with Crippen molar-refractivity contribution in [3.05, 3.63) is 22.4 Å². The number of carboxylic acids is 1. The van der Waals surface area contributed by atoms with E-state index >= 15 is 0 Å². The summed E-state index contributed by atoms with van der Waals surface area (Å²) in [4.78, 5) is 38.4. The zero-order valence-corrected chi connectivity index (χ0v) is 13.8. The van der Waals surface area contributed by atoms with Crippen LogP contribution in [0.3, 0.4) is 0 Å². The summed E-state index contributed by atoms with van der Waals surface area (Å²) < 4.78 is 0. The van der Waals surface area contributed by atoms with Gasteiger partial charge in [-0.15, -0.1) is 11.3 Å². The zero-order valence-electron chi connectivity index (χ0n) is 12.9. The predicted molar refractivity (Wildman–Crippen MR) is 86.5 cm³/mol. The largest absolute Gasteiger partial charge is 0.480 e. The van der Waals surface area contributed by atoms with Crippen molar-refractivity contribution >= 4 is 29.0 Å². The van der Waals surface area contributed by atoms with E-state index in [1.165, 1.54) is 11.3 Å². The second-order valence-electron chi connectivity index (χ2n) is 6.40. The van der Waals surface area contributed by atoms with Gasteiger partial charge in [0.1, 0.15) is 6.04 Å². The first kappa shape index (κ1) is 16.2. The number of amides is 1. The summed E-state index contributed by atoms with van der Waals surface area (Å²) in [5.41, 5.74) is 0. The molecule has 1 aliphatic heterocycles. The molecule has 2 heterocycles. The van der Waals surface area contributed by atoms with Gasteiger partial charge in [-0.05, 0) is 36.6 Å². The molecule has 1 saturated carbocycles. The van der Waals surface area contributed by atoms with E-state index in [-0.39, 0.29) is 30.6 Å². The van der Waals surface area contributed by atoms with Gasteiger partial charge in [0.25, 0.3) is 0 Å². The summed E-state index contributed by atoms with van der Waals surface area (Å²) in [7, 11) is 0. The van der Waals surface area contributed by atoms with Gasteiger partial charge in [-0.2, -0.15) is 0 Å². The zero-order chi connectivity index (χ0) is 16.4. The highest BCUT2D eigenvalue weighted by Crippen LogP contribution is 2.40. The summed E-state index contributed by atoms with van der Waals surface area (Å²) in [6, 6.07) is 2.90. The molecule has 0 spiro atoms. The third kappa shape index (κ3) is 3.32. The molecule has 124 valence electrons. The van der Waals surface area contributed by atoms with E-state index < -0.39 is 12.0 Å². The minimum Gasteiger partial charge on any atom is -0.480 e. The van der Waals surface area contributed by atoms with Crippen LogP contribution in [0.25, 0.3) is 0 Å². The number of fused-ring (bicyclic) bond motifs is 1. The van der Waals surface area contributed by atoms with Gasteiger partial charge in [0.15, 0.2) is 5.78 Å². The molecule has 1 saturated heterocycles. The van der Waals surface area contributed by atoms with Crippen LogP contribution in [0.1, 0.15) is 54.6 Å². The highest BCUT2D eigenvalue weighted by atomic mass is 32.1. The number of thiophene rings is 1. The van der Waals surface area contributed by atoms with Crippen molar-refractivity contribution in [2.45, 2.75) is 57.0 Å². The minimum atomic E-state index is -0.919. The molecular formula is C17H21NO4S. The second-order valence-corrected chi connectivity index (χ2v) is 7.35. The normalized spacial score (nSPS) is 26.8. The quantitative estimate of drug-likeness (QED) is 0.840. The van der Waals surface area contributed by atoms with E-state index in [1.807, 2.05) is 11.4 Å². The summed E-state index contributed by atoms with van der Waals surface area (Å²) in [6.07, 6.45) is 4.87. The lowest BCUT2D eigenvalue weighted by Crippen LogP contribution is -2.46. The van der Waals surface area contributed by atoms with E-state index in [0.29, 0.717) is 17.2 Å². The summed E-state index contributed by atoms with van der Waals surface area (Å²) in [6.45, 7) is 0. The van der Waals surface area contributed by atoms with Crippen LogP contribution in [0, 0.1) is 5.92 Å². The van der Waals surface area contributed by atoms with Crippen LogP contribution in [0.5, 0.6) is 0 Å². The molecule has 23 heavy (non-hydrogen) atoms. The minimum absolute atomic E-state index is 0.0420. The van der Waals surface area contributed by atoms with Gasteiger partial charge in [-0.1, -0.05) is 18.9 Å². The van der Waals surface area contributed by atoms with Crippen LogP contribution in [0.15, 0.2) is 17.5 Å². The van der Waals surface area contributed by atoms with E-state index in [4.69, 9.17) is 0 Å². The second kappa shape index (κ2) is 6.83. The van der Waals surface area contributed by atoms with E-state index in [1.54, 1.807) is 11.0 Å². The van der Waals surface area contributed by atoms with E-state index in [2.05, 4.69) is 0 Å². The van der Waals surface area contributed by atoms with Crippen LogP contribution in [0.4, 0.5) is 0 Å². The molecule has 0 bridgehead atoms. The maximum absolute atomic E-state index is 12.6. The molecule has 1 amide bonds. The first-order chi connectivity index (χ1) is 11.1. The third-order valence-corrected chi connectivity index (χ3v) is 5.93. The topological polar surface area (TPSA) is 74.7 Å². The fourth-order valence-electron chi connectivity index (χ4n) is 3.95. The van der Waals surface area contributed by atoms with E-state index in [0.717, 1.165) is 25.7 Å². The van der Waals surface area contributed by atoms with Crippen molar-refractivity contribution in [3.63, 3.8) is 0 Å². The smallest absolute Gasteiger partial charge is 0.326 e. The van der Waals surface area contributed by atoms with Crippen molar-refractivity contribution in [2.75, 3.05) is 0 Å². The number of hydrogen-bond donors (Lipinski definition) is 1. The van der Waals surface area contributed by atoms with Gasteiger partial charge in [0, 0.05) is 18.9 Å². The first-order valence-electron chi connectivity index (χ1n) is 8.18. The number of carbonyl (C=O) groups is 3. The Kier molecular flexibility index (Phi) is 4.80. The monoisotopic (exact) mass is 335 g/mol. The van der Waals surface area contributed by atoms with Crippen molar-refractivity contribution in [1.29, 1.82) is 0 Å². The molecule has 3 atom stereocenters. The summed E-state index contributed by atoms with van der Waals surface area (Å²) in [5, 5.41) is 11.3. The molecule has 1 aromatic heterocycles. The first-order valence-corrected chi connectivity index (χ1v) is 9.06. The lowest BCUT2D eigenvalue weighted by molar-refractivity contribution is -0.149. The molecule has 3 rings (SSSR count). The molecule has 1 aliphatic carbocycles. The van der Waals surface area contributed by atoms with Gasteiger partial charge in [0.2, 0.25) is 5.91 Å². The van der Waals surface area contributed by atoms with Gasteiger partial charge < -0.3 is 10.0 Å². The summed E-state index contributed by atoms with van der Waals surface area (Å²) >= 11 is 1.37. The van der Waals surface area contributed by atoms with Gasteiger partial charge >= 0.3 is 5.97 Å². The van der Waals surface area contributed by atoms with E-state index in [9.17, 15) is 19.5 Å². The Bertz CT molecular complexity index is 598. The average molecular weight is 335 g/mol. The number of likely N-dealkylation sites (tertiary alicyclic amines) is 1. The maximum Gasteiger partial charge on any atom is 0.326 e. The molecule has 1 N–H and O–H groups in total. The number of ketones is 1. The molecular weight excluding hydrogens is 314 g/mol. The average Bonchev–Trinajstić information content (AvgIpc) is 3.19. The predicted octanol–water partition coefficient (Wildman–Crippen LogP) is 2.96. The Hall–Kier alpha value is -1.69. The van der Waals surface area contributed by atoms with Crippen LogP contribution in [0.2, 0.25) is 0 Å². The molecule has 0 radical (unpaired) electrons. The molecule has 0 unspecified atom stereocenters. The summed E-state index contributed by atoms with van der Waals surface area (Å²) in [5.74, 6) is -0.838. The van der Waals surface area contributed by atoms with Crippen molar-refractivity contribution in [3.8, 4) is 0 Å². The standard InChI is InChI=1S/C17H21NO4S/c19-14(15-6-3-9-23-15)7-8-16(20)18-12-5-2-1-4-11(12)10-13(18)17(21)22/h3,6,9,11-13H,1-2,4-5,7-8,10H2,(H,21,22)/t11-,12+,13+/m1/s1. The Morgan fingerprint density at radius 3 is 2.70 bits per heavy atom. The van der Waals surface area contributed by atoms with Crippen molar-refractivity contribution in [1.82, 2.24) is 4.90 Å². The van der Waals surface area contributed by atoms with Gasteiger partial charge in [-0.25, -0.2) is 4.79 Å². The highest BCUT2D eigenvalue weighted by Gasteiger charge is 2.47. The lowest BCUT2D eigenvalue weighted by Gasteiger charge is -2.33. The van der Waals surface area contributed by atoms with Crippen LogP contribution in [-0.4, -0.2) is 39.7 Å². The number of nitrogens with zero attached hydrogens (tertiary/aromatic N) is 1. The number of aliphatic carboxylic acids is 1. The molecule has 1 aromatic rings. The van der Waals surface area contributed by atoms with Crippen LogP contribution in [-0.2, 0) is 9.59 Å². The number of carboxylic acid groups (broad SMARTS) is 1. The van der Waals surface area contributed by atoms with Gasteiger partial charge in [-0.3, -0.25) is 9.59 Å². The molecule has 5 nitrogen and oxygen atoms in total. The Morgan fingerprint density at radius 1 is 1.22 bits per heavy atom. The molecule has 2 aliphatic rings. The van der Waals surface area contributed by atoms with Gasteiger partial charge in [0.05, 0.1) is 4.88 Å². The Balaban J connectivity index is 1.66. The Morgan fingerprint density at radius 2 is 2.00 bits per heavy atom. The molecule has 0 aromatic carbocycles. The molecule has 6 heteroatoms. The maximum atomic E-state index is 12.6. The van der Waals surface area contributed by atoms with Crippen molar-refractivity contribution in [2.24, 2.45) is 5.92 Å². The third-order valence-electron chi connectivity index (χ3n) is 5.02.